The Morgan fingerprint density at radius 2 is 1.87 bits per heavy atom. The molecule has 0 saturated carbocycles. The molecule has 4 atom stereocenters. The van der Waals surface area contributed by atoms with Crippen molar-refractivity contribution in [3.63, 3.8) is 0 Å². The van der Waals surface area contributed by atoms with Crippen molar-refractivity contribution in [2.24, 2.45) is 5.92 Å². The molecule has 0 N–H and O–H groups in total. The monoisotopic (exact) mass is 316 g/mol. The van der Waals surface area contributed by atoms with E-state index in [0.29, 0.717) is 11.6 Å². The zero-order valence-corrected chi connectivity index (χ0v) is 13.9. The van der Waals surface area contributed by atoms with Crippen molar-refractivity contribution in [3.05, 3.63) is 35.9 Å². The summed E-state index contributed by atoms with van der Waals surface area (Å²) in [5.74, 6) is -0.564. The number of carbonyl (C=O) groups is 2. The summed E-state index contributed by atoms with van der Waals surface area (Å²) >= 11 is 0. The molecule has 23 heavy (non-hydrogen) atoms. The minimum absolute atomic E-state index is 0.0491. The van der Waals surface area contributed by atoms with Gasteiger partial charge in [0.2, 0.25) is 5.91 Å². The molecule has 1 aromatic rings. The first-order valence-corrected chi connectivity index (χ1v) is 8.18. The van der Waals surface area contributed by atoms with E-state index in [2.05, 4.69) is 11.9 Å². The Balaban J connectivity index is 1.81. The molecule has 2 unspecified atom stereocenters. The number of fused-ring (bicyclic) bond motifs is 2. The molecule has 1 amide bonds. The van der Waals surface area contributed by atoms with E-state index in [9.17, 15) is 9.59 Å². The highest BCUT2D eigenvalue weighted by molar-refractivity contribution is 5.90. The number of esters is 1. The lowest BCUT2D eigenvalue weighted by Crippen LogP contribution is -2.55. The maximum atomic E-state index is 12.7. The second-order valence-electron chi connectivity index (χ2n) is 6.77. The van der Waals surface area contributed by atoms with Crippen molar-refractivity contribution < 1.29 is 14.3 Å². The van der Waals surface area contributed by atoms with Gasteiger partial charge in [0.25, 0.3) is 0 Å². The van der Waals surface area contributed by atoms with Crippen LogP contribution in [0.15, 0.2) is 30.3 Å². The van der Waals surface area contributed by atoms with Gasteiger partial charge in [0.15, 0.2) is 0 Å². The minimum atomic E-state index is -0.341. The molecule has 124 valence electrons. The van der Waals surface area contributed by atoms with Crippen LogP contribution in [0, 0.1) is 5.92 Å². The number of amides is 1. The van der Waals surface area contributed by atoms with Crippen LogP contribution in [0.5, 0.6) is 0 Å². The average molecular weight is 316 g/mol. The lowest BCUT2D eigenvalue weighted by molar-refractivity contribution is -0.143. The molecule has 0 radical (unpaired) electrons. The van der Waals surface area contributed by atoms with Gasteiger partial charge in [-0.05, 0) is 32.0 Å². The van der Waals surface area contributed by atoms with E-state index in [1.54, 1.807) is 31.1 Å². The van der Waals surface area contributed by atoms with Gasteiger partial charge >= 0.3 is 5.97 Å². The number of hydrogen-bond acceptors (Lipinski definition) is 4. The molecule has 2 saturated heterocycles. The fourth-order valence-electron chi connectivity index (χ4n) is 3.94. The average Bonchev–Trinajstić information content (AvgIpc) is 2.79. The number of carbonyl (C=O) groups excluding carboxylic acids is 2. The fraction of sp³-hybridized carbons (Fsp3) is 0.556. The van der Waals surface area contributed by atoms with E-state index in [1.807, 2.05) is 18.2 Å². The Hall–Kier alpha value is -1.88. The standard InChI is InChI=1S/C18H24N2O3/c1-19(2)17(21)16-14-10-9-13(20(14)3)11-15(16)23-18(22)12-7-5-4-6-8-12/h4-8,13-16H,9-11H2,1-3H3/t13?,14?,15-,16+/m0/s1. The van der Waals surface area contributed by atoms with Gasteiger partial charge in [-0.3, -0.25) is 9.69 Å². The Morgan fingerprint density at radius 3 is 2.52 bits per heavy atom. The van der Waals surface area contributed by atoms with E-state index in [0.717, 1.165) is 19.3 Å². The molecule has 1 aromatic carbocycles. The van der Waals surface area contributed by atoms with Gasteiger partial charge in [-0.15, -0.1) is 0 Å². The van der Waals surface area contributed by atoms with Gasteiger partial charge in [0.05, 0.1) is 11.5 Å². The molecular weight excluding hydrogens is 292 g/mol. The maximum Gasteiger partial charge on any atom is 0.338 e. The largest absolute Gasteiger partial charge is 0.458 e. The highest BCUT2D eigenvalue weighted by atomic mass is 16.5. The number of nitrogens with zero attached hydrogens (tertiary/aromatic N) is 2. The first-order valence-electron chi connectivity index (χ1n) is 8.18. The molecule has 2 heterocycles. The van der Waals surface area contributed by atoms with Crippen molar-refractivity contribution in [1.82, 2.24) is 9.80 Å². The fourth-order valence-corrected chi connectivity index (χ4v) is 3.94. The van der Waals surface area contributed by atoms with Crippen LogP contribution < -0.4 is 0 Å². The molecule has 2 bridgehead atoms. The van der Waals surface area contributed by atoms with Gasteiger partial charge in [0, 0.05) is 32.6 Å². The van der Waals surface area contributed by atoms with E-state index in [1.165, 1.54) is 0 Å². The Kier molecular flexibility index (Phi) is 4.39. The Morgan fingerprint density at radius 1 is 1.17 bits per heavy atom. The van der Waals surface area contributed by atoms with Crippen LogP contribution in [0.3, 0.4) is 0 Å². The van der Waals surface area contributed by atoms with Crippen LogP contribution in [0.1, 0.15) is 29.6 Å². The topological polar surface area (TPSA) is 49.9 Å². The molecule has 5 heteroatoms. The van der Waals surface area contributed by atoms with Crippen molar-refractivity contribution >= 4 is 11.9 Å². The van der Waals surface area contributed by atoms with Crippen LogP contribution in [0.25, 0.3) is 0 Å². The summed E-state index contributed by atoms with van der Waals surface area (Å²) in [5.41, 5.74) is 0.537. The number of piperidine rings is 1. The zero-order valence-electron chi connectivity index (χ0n) is 13.9. The van der Waals surface area contributed by atoms with Gasteiger partial charge in [-0.25, -0.2) is 4.79 Å². The van der Waals surface area contributed by atoms with Gasteiger partial charge < -0.3 is 9.64 Å². The normalized spacial score (nSPS) is 30.0. The van der Waals surface area contributed by atoms with Crippen molar-refractivity contribution in [2.45, 2.75) is 37.5 Å². The molecule has 3 rings (SSSR count). The molecule has 0 aromatic heterocycles. The number of rotatable bonds is 3. The van der Waals surface area contributed by atoms with Gasteiger partial charge in [-0.2, -0.15) is 0 Å². The second-order valence-corrected chi connectivity index (χ2v) is 6.77. The lowest BCUT2D eigenvalue weighted by Gasteiger charge is -2.42. The molecule has 2 aliphatic rings. The summed E-state index contributed by atoms with van der Waals surface area (Å²) in [7, 11) is 5.60. The summed E-state index contributed by atoms with van der Waals surface area (Å²) in [5, 5.41) is 0. The Labute approximate surface area is 137 Å². The smallest absolute Gasteiger partial charge is 0.338 e. The first kappa shape index (κ1) is 16.0. The van der Waals surface area contributed by atoms with E-state index >= 15 is 0 Å². The van der Waals surface area contributed by atoms with E-state index in [-0.39, 0.29) is 29.9 Å². The minimum Gasteiger partial charge on any atom is -0.458 e. The molecule has 0 aliphatic carbocycles. The number of hydrogen-bond donors (Lipinski definition) is 0. The molecular formula is C18H24N2O3. The maximum absolute atomic E-state index is 12.7. The first-order chi connectivity index (χ1) is 11.0. The predicted molar refractivity (Wildman–Crippen MR) is 87.0 cm³/mol. The van der Waals surface area contributed by atoms with Crippen LogP contribution in [-0.2, 0) is 9.53 Å². The molecule has 2 fully saturated rings. The quantitative estimate of drug-likeness (QED) is 0.798. The highest BCUT2D eigenvalue weighted by Crippen LogP contribution is 2.40. The van der Waals surface area contributed by atoms with E-state index in [4.69, 9.17) is 4.74 Å². The summed E-state index contributed by atoms with van der Waals surface area (Å²) < 4.78 is 5.78. The molecule has 0 spiro atoms. The molecule has 5 nitrogen and oxygen atoms in total. The van der Waals surface area contributed by atoms with Gasteiger partial charge in [0.1, 0.15) is 6.10 Å². The van der Waals surface area contributed by atoms with Gasteiger partial charge in [-0.1, -0.05) is 18.2 Å². The SMILES string of the molecule is CN(C)C(=O)[C@@H]1C2CCC(C[C@@H]1OC(=O)c1ccccc1)N2C. The van der Waals surface area contributed by atoms with Crippen LogP contribution in [0.4, 0.5) is 0 Å². The third-order valence-electron chi connectivity index (χ3n) is 5.21. The predicted octanol–water partition coefficient (Wildman–Crippen LogP) is 1.78. The van der Waals surface area contributed by atoms with Crippen LogP contribution in [-0.4, -0.2) is 61.0 Å². The zero-order chi connectivity index (χ0) is 16.6. The molecule has 2 aliphatic heterocycles. The summed E-state index contributed by atoms with van der Waals surface area (Å²) in [6.45, 7) is 0. The lowest BCUT2D eigenvalue weighted by atomic mass is 9.86. The third-order valence-corrected chi connectivity index (χ3v) is 5.21. The van der Waals surface area contributed by atoms with Crippen LogP contribution >= 0.6 is 0 Å². The third kappa shape index (κ3) is 2.98. The number of ether oxygens (including phenoxy) is 1. The van der Waals surface area contributed by atoms with Crippen molar-refractivity contribution in [1.29, 1.82) is 0 Å². The second kappa shape index (κ2) is 6.32. The number of benzene rings is 1. The summed E-state index contributed by atoms with van der Waals surface area (Å²) in [6.07, 6.45) is 2.45. The summed E-state index contributed by atoms with van der Waals surface area (Å²) in [6, 6.07) is 9.56. The van der Waals surface area contributed by atoms with Crippen molar-refractivity contribution in [2.75, 3.05) is 21.1 Å². The van der Waals surface area contributed by atoms with Crippen LogP contribution in [0.2, 0.25) is 0 Å². The Bertz CT molecular complexity index is 587. The summed E-state index contributed by atoms with van der Waals surface area (Å²) in [4.78, 5) is 29.0. The van der Waals surface area contributed by atoms with E-state index < -0.39 is 0 Å². The highest BCUT2D eigenvalue weighted by Gasteiger charge is 2.50. The van der Waals surface area contributed by atoms with Crippen molar-refractivity contribution in [3.8, 4) is 0 Å².